The summed E-state index contributed by atoms with van der Waals surface area (Å²) in [5.74, 6) is 0.215. The zero-order valence-corrected chi connectivity index (χ0v) is 13.6. The first-order chi connectivity index (χ1) is 10.6. The van der Waals surface area contributed by atoms with Gasteiger partial charge >= 0.3 is 134 Å². The molecule has 4 N–H and O–H groups in total. The average molecular weight is 321 g/mol. The summed E-state index contributed by atoms with van der Waals surface area (Å²) in [5.41, 5.74) is 6.38. The Morgan fingerprint density at radius 3 is 2.77 bits per heavy atom. The number of hydrogen-bond acceptors (Lipinski definition) is 4. The topological polar surface area (TPSA) is 75.7 Å². The summed E-state index contributed by atoms with van der Waals surface area (Å²) in [5, 5.41) is 20.0. The summed E-state index contributed by atoms with van der Waals surface area (Å²) in [7, 11) is -0.426. The van der Waals surface area contributed by atoms with Crippen molar-refractivity contribution >= 4 is 16.7 Å². The Kier molecular flexibility index (Phi) is 5.15. The van der Waals surface area contributed by atoms with Gasteiger partial charge in [-0.3, -0.25) is 0 Å². The van der Waals surface area contributed by atoms with Gasteiger partial charge in [-0.05, 0) is 0 Å². The predicted molar refractivity (Wildman–Crippen MR) is 89.3 cm³/mol. The molecule has 0 aromatic heterocycles. The van der Waals surface area contributed by atoms with Gasteiger partial charge in [-0.2, -0.15) is 0 Å². The zero-order valence-electron chi connectivity index (χ0n) is 12.8. The maximum absolute atomic E-state index is 11.0. The van der Waals surface area contributed by atoms with Gasteiger partial charge in [0, 0.05) is 0 Å². The van der Waals surface area contributed by atoms with Crippen LogP contribution < -0.4 is 5.73 Å². The van der Waals surface area contributed by atoms with Crippen LogP contribution in [-0.2, 0) is 4.65 Å². The van der Waals surface area contributed by atoms with Crippen molar-refractivity contribution < 1.29 is 14.9 Å². The van der Waals surface area contributed by atoms with Crippen molar-refractivity contribution in [1.82, 2.24) is 0 Å². The van der Waals surface area contributed by atoms with Gasteiger partial charge < -0.3 is 0 Å². The molecule has 3 unspecified atom stereocenters. The Balaban J connectivity index is 1.80. The second-order valence-electron chi connectivity index (χ2n) is 6.18. The van der Waals surface area contributed by atoms with E-state index in [1.807, 2.05) is 24.3 Å². The van der Waals surface area contributed by atoms with Gasteiger partial charge in [0.05, 0.1) is 0 Å². The number of aliphatic hydroxyl groups is 2. The molecule has 1 aliphatic carbocycles. The quantitative estimate of drug-likeness (QED) is 0.728. The van der Waals surface area contributed by atoms with Crippen LogP contribution in [0.2, 0.25) is 0 Å². The summed E-state index contributed by atoms with van der Waals surface area (Å²) in [4.78, 5) is 1.04. The van der Waals surface area contributed by atoms with Crippen molar-refractivity contribution in [3.8, 4) is 0 Å². The fourth-order valence-electron chi connectivity index (χ4n) is 3.35. The molecule has 0 radical (unpaired) electrons. The molecule has 6 heteroatoms. The Morgan fingerprint density at radius 2 is 2.14 bits per heavy atom. The molecule has 1 heterocycles. The Hall–Kier alpha value is -0.525. The summed E-state index contributed by atoms with van der Waals surface area (Å²) >= 11 is 0. The molecular weight excluding hydrogens is 297 g/mol. The molecule has 1 fully saturated rings. The van der Waals surface area contributed by atoms with Crippen LogP contribution in [0.25, 0.3) is 0 Å². The monoisotopic (exact) mass is 321 g/mol. The van der Waals surface area contributed by atoms with Crippen LogP contribution in [-0.4, -0.2) is 28.2 Å². The molecule has 3 rings (SSSR count). The van der Waals surface area contributed by atoms with Gasteiger partial charge in [0.1, 0.15) is 0 Å². The summed E-state index contributed by atoms with van der Waals surface area (Å²) < 4.78 is 5.53. The van der Waals surface area contributed by atoms with Crippen LogP contribution in [0.3, 0.4) is 0 Å². The standard InChI is InChI=1S/C16H24BNO3S/c18-10-9-15(19)12-5-4-8-14(11-12)22-16(20,21-17-22)13-6-2-1-3-7-13/h4-5,8,11,13,15,19-20H,1-3,6-7,9-10,18H2. The molecular formula is C16H24BNO3S. The molecule has 0 spiro atoms. The molecule has 0 amide bonds. The van der Waals surface area contributed by atoms with E-state index in [9.17, 15) is 10.2 Å². The molecule has 3 atom stereocenters. The van der Waals surface area contributed by atoms with E-state index in [0.29, 0.717) is 13.0 Å². The van der Waals surface area contributed by atoms with E-state index >= 15 is 0 Å². The Bertz CT molecular complexity index is 562. The third kappa shape index (κ3) is 3.08. The van der Waals surface area contributed by atoms with E-state index in [1.54, 1.807) is 6.36 Å². The van der Waals surface area contributed by atoms with Crippen LogP contribution in [0, 0.1) is 5.92 Å². The minimum atomic E-state index is -1.04. The van der Waals surface area contributed by atoms with Crippen molar-refractivity contribution in [2.24, 2.45) is 11.7 Å². The van der Waals surface area contributed by atoms with E-state index in [4.69, 9.17) is 10.4 Å². The van der Waals surface area contributed by atoms with Gasteiger partial charge in [0.2, 0.25) is 0 Å². The number of aliphatic hydroxyl groups excluding tert-OH is 1. The fraction of sp³-hybridized carbons (Fsp3) is 0.625. The van der Waals surface area contributed by atoms with Gasteiger partial charge in [0.15, 0.2) is 0 Å². The van der Waals surface area contributed by atoms with Gasteiger partial charge in [0.25, 0.3) is 0 Å². The van der Waals surface area contributed by atoms with Gasteiger partial charge in [-0.15, -0.1) is 0 Å². The summed E-state index contributed by atoms with van der Waals surface area (Å²) in [6.07, 6.45) is 7.41. The Labute approximate surface area is 134 Å². The van der Waals surface area contributed by atoms with Crippen molar-refractivity contribution in [3.63, 3.8) is 0 Å². The first-order valence-corrected chi connectivity index (χ1v) is 9.39. The maximum atomic E-state index is 11.0. The van der Waals surface area contributed by atoms with E-state index in [1.165, 1.54) is 19.3 Å². The van der Waals surface area contributed by atoms with Crippen LogP contribution >= 0.6 is 10.3 Å². The molecule has 22 heavy (non-hydrogen) atoms. The van der Waals surface area contributed by atoms with Gasteiger partial charge in [-0.1, -0.05) is 0 Å². The van der Waals surface area contributed by atoms with Crippen LogP contribution in [0.15, 0.2) is 29.2 Å². The number of nitrogens with two attached hydrogens (primary N) is 1. The van der Waals surface area contributed by atoms with E-state index in [0.717, 1.165) is 23.3 Å². The number of benzene rings is 1. The summed E-state index contributed by atoms with van der Waals surface area (Å²) in [6, 6.07) is 7.84. The molecule has 1 aliphatic heterocycles. The second-order valence-corrected chi connectivity index (χ2v) is 8.11. The van der Waals surface area contributed by atoms with E-state index in [-0.39, 0.29) is 5.92 Å². The minimum absolute atomic E-state index is 0.215. The fourth-order valence-corrected chi connectivity index (χ4v) is 5.27. The van der Waals surface area contributed by atoms with Crippen molar-refractivity contribution in [2.45, 2.75) is 54.6 Å². The predicted octanol–water partition coefficient (Wildman–Crippen LogP) is 2.49. The second kappa shape index (κ2) is 6.93. The number of hydrogen-bond donors (Lipinski definition) is 3. The van der Waals surface area contributed by atoms with E-state index in [2.05, 4.69) is 0 Å². The Morgan fingerprint density at radius 1 is 1.36 bits per heavy atom. The first kappa shape index (κ1) is 16.3. The first-order valence-electron chi connectivity index (χ1n) is 8.10. The third-order valence-electron chi connectivity index (χ3n) is 4.69. The van der Waals surface area contributed by atoms with Crippen LogP contribution in [0.5, 0.6) is 0 Å². The zero-order chi connectivity index (χ0) is 15.6. The summed E-state index contributed by atoms with van der Waals surface area (Å²) in [6.45, 7) is 0.457. The molecule has 120 valence electrons. The molecule has 1 saturated carbocycles. The van der Waals surface area contributed by atoms with Crippen LogP contribution in [0.4, 0.5) is 0 Å². The van der Waals surface area contributed by atoms with Crippen molar-refractivity contribution in [2.75, 3.05) is 6.54 Å². The van der Waals surface area contributed by atoms with Crippen molar-refractivity contribution in [3.05, 3.63) is 29.8 Å². The van der Waals surface area contributed by atoms with Gasteiger partial charge in [-0.25, -0.2) is 0 Å². The molecule has 2 aliphatic rings. The molecule has 1 aromatic carbocycles. The van der Waals surface area contributed by atoms with Crippen molar-refractivity contribution in [1.29, 1.82) is 0 Å². The van der Waals surface area contributed by atoms with Crippen LogP contribution in [0.1, 0.15) is 50.2 Å². The molecule has 0 saturated heterocycles. The molecule has 1 aromatic rings. The third-order valence-corrected chi connectivity index (χ3v) is 6.80. The van der Waals surface area contributed by atoms with E-state index < -0.39 is 21.5 Å². The number of rotatable bonds is 5. The molecule has 0 bridgehead atoms. The normalized spacial score (nSPS) is 30.0. The average Bonchev–Trinajstić information content (AvgIpc) is 2.54. The SMILES string of the molecule is NCCC(O)c1cccc(S2=BOC2(O)C2CCCCC2)c1. The molecule has 4 nitrogen and oxygen atoms in total.